The van der Waals surface area contributed by atoms with Crippen molar-refractivity contribution in [2.75, 3.05) is 18.1 Å². The van der Waals surface area contributed by atoms with Crippen LogP contribution >= 0.6 is 11.6 Å². The fourth-order valence-corrected chi connectivity index (χ4v) is 1.80. The minimum absolute atomic E-state index is 0.200. The molecule has 1 aromatic carbocycles. The average molecular weight is 305 g/mol. The minimum atomic E-state index is -0.439. The lowest BCUT2D eigenvalue weighted by molar-refractivity contribution is 0.0961. The van der Waals surface area contributed by atoms with Crippen LogP contribution in [0.4, 0.5) is 11.4 Å². The van der Waals surface area contributed by atoms with Gasteiger partial charge in [-0.1, -0.05) is 11.6 Å². The monoisotopic (exact) mass is 304 g/mol. The summed E-state index contributed by atoms with van der Waals surface area (Å²) in [4.78, 5) is 27.6. The summed E-state index contributed by atoms with van der Waals surface area (Å²) in [5.74, 6) is -0.710. The maximum atomic E-state index is 12.1. The average Bonchev–Trinajstić information content (AvgIpc) is 2.49. The molecule has 4 N–H and O–H groups in total. The van der Waals surface area contributed by atoms with Crippen molar-refractivity contribution in [2.24, 2.45) is 0 Å². The Kier molecular flexibility index (Phi) is 4.39. The van der Waals surface area contributed by atoms with E-state index in [1.165, 1.54) is 31.4 Å². The smallest absolute Gasteiger partial charge is 0.274 e. The third-order valence-electron chi connectivity index (χ3n) is 2.72. The van der Waals surface area contributed by atoms with E-state index in [4.69, 9.17) is 17.3 Å². The molecule has 2 aromatic rings. The van der Waals surface area contributed by atoms with E-state index < -0.39 is 5.91 Å². The van der Waals surface area contributed by atoms with Crippen LogP contribution in [0.15, 0.2) is 36.5 Å². The minimum Gasteiger partial charge on any atom is -0.397 e. The van der Waals surface area contributed by atoms with Crippen LogP contribution in [0.25, 0.3) is 0 Å². The molecule has 7 heteroatoms. The number of hydrogen-bond donors (Lipinski definition) is 3. The van der Waals surface area contributed by atoms with Gasteiger partial charge in [0.1, 0.15) is 5.69 Å². The topological polar surface area (TPSA) is 97.1 Å². The predicted octanol–water partition coefficient (Wildman–Crippen LogP) is 1.93. The Morgan fingerprint density at radius 3 is 2.57 bits per heavy atom. The molecule has 0 aliphatic heterocycles. The molecule has 0 aliphatic carbocycles. The molecule has 1 aromatic heterocycles. The maximum Gasteiger partial charge on any atom is 0.274 e. The van der Waals surface area contributed by atoms with Crippen LogP contribution in [0.2, 0.25) is 5.02 Å². The van der Waals surface area contributed by atoms with Gasteiger partial charge in [-0.2, -0.15) is 0 Å². The second-order valence-corrected chi connectivity index (χ2v) is 4.61. The molecule has 0 aliphatic rings. The first kappa shape index (κ1) is 14.8. The van der Waals surface area contributed by atoms with Crippen LogP contribution < -0.4 is 16.4 Å². The van der Waals surface area contributed by atoms with Gasteiger partial charge in [-0.3, -0.25) is 9.59 Å². The van der Waals surface area contributed by atoms with E-state index in [0.29, 0.717) is 22.0 Å². The van der Waals surface area contributed by atoms with Crippen molar-refractivity contribution >= 4 is 34.8 Å². The van der Waals surface area contributed by atoms with E-state index in [9.17, 15) is 9.59 Å². The molecule has 2 rings (SSSR count). The maximum absolute atomic E-state index is 12.1. The summed E-state index contributed by atoms with van der Waals surface area (Å²) in [5, 5.41) is 5.43. The first-order valence-electron chi connectivity index (χ1n) is 6.06. The zero-order valence-corrected chi connectivity index (χ0v) is 11.9. The molecular weight excluding hydrogens is 292 g/mol. The molecule has 1 heterocycles. The zero-order valence-electron chi connectivity index (χ0n) is 11.2. The fraction of sp³-hybridized carbons (Fsp3) is 0.0714. The summed E-state index contributed by atoms with van der Waals surface area (Å²) in [5.41, 5.74) is 6.90. The number of nitrogens with zero attached hydrogens (tertiary/aromatic N) is 1. The van der Waals surface area contributed by atoms with Crippen molar-refractivity contribution in [2.45, 2.75) is 0 Å². The number of hydrogen-bond acceptors (Lipinski definition) is 4. The Labute approximate surface area is 126 Å². The number of anilines is 2. The van der Waals surface area contributed by atoms with Crippen LogP contribution in [-0.4, -0.2) is 23.8 Å². The van der Waals surface area contributed by atoms with Gasteiger partial charge in [0, 0.05) is 12.6 Å². The molecule has 108 valence electrons. The Morgan fingerprint density at radius 1 is 1.19 bits per heavy atom. The second-order valence-electron chi connectivity index (χ2n) is 4.20. The number of nitrogens with one attached hydrogen (secondary N) is 2. The van der Waals surface area contributed by atoms with Gasteiger partial charge in [0.2, 0.25) is 0 Å². The number of nitrogens with two attached hydrogens (primary N) is 1. The second kappa shape index (κ2) is 6.23. The van der Waals surface area contributed by atoms with Gasteiger partial charge >= 0.3 is 0 Å². The molecule has 0 spiro atoms. The van der Waals surface area contributed by atoms with Crippen molar-refractivity contribution in [3.8, 4) is 0 Å². The number of amides is 2. The zero-order chi connectivity index (χ0) is 15.4. The lowest BCUT2D eigenvalue weighted by atomic mass is 10.2. The number of halogens is 1. The Hall–Kier alpha value is -2.60. The number of rotatable bonds is 3. The Morgan fingerprint density at radius 2 is 1.95 bits per heavy atom. The van der Waals surface area contributed by atoms with Gasteiger partial charge in [0.15, 0.2) is 0 Å². The van der Waals surface area contributed by atoms with E-state index in [1.54, 1.807) is 12.1 Å². The molecule has 6 nitrogen and oxygen atoms in total. The summed E-state index contributed by atoms with van der Waals surface area (Å²) in [7, 11) is 1.52. The van der Waals surface area contributed by atoms with Gasteiger partial charge in [-0.05, 0) is 30.3 Å². The van der Waals surface area contributed by atoms with Gasteiger partial charge in [-0.25, -0.2) is 4.98 Å². The SMILES string of the molecule is CNC(=O)c1ccc(Cl)c(NC(=O)c2ccc(N)cn2)c1. The van der Waals surface area contributed by atoms with Crippen molar-refractivity contribution in [3.63, 3.8) is 0 Å². The first-order chi connectivity index (χ1) is 10.0. The fourth-order valence-electron chi connectivity index (χ4n) is 1.63. The van der Waals surface area contributed by atoms with Crippen molar-refractivity contribution in [1.29, 1.82) is 0 Å². The van der Waals surface area contributed by atoms with E-state index in [2.05, 4.69) is 15.6 Å². The molecule has 0 radical (unpaired) electrons. The van der Waals surface area contributed by atoms with Crippen LogP contribution in [0.1, 0.15) is 20.8 Å². The highest BCUT2D eigenvalue weighted by molar-refractivity contribution is 6.34. The number of benzene rings is 1. The Balaban J connectivity index is 2.24. The molecule has 21 heavy (non-hydrogen) atoms. The number of carbonyl (C=O) groups excluding carboxylic acids is 2. The summed E-state index contributed by atoms with van der Waals surface area (Å²) in [6, 6.07) is 7.68. The summed E-state index contributed by atoms with van der Waals surface area (Å²) in [6.45, 7) is 0. The number of carbonyl (C=O) groups is 2. The normalized spacial score (nSPS) is 10.0. The molecule has 0 saturated heterocycles. The van der Waals surface area contributed by atoms with Crippen molar-refractivity contribution < 1.29 is 9.59 Å². The van der Waals surface area contributed by atoms with E-state index in [-0.39, 0.29) is 11.6 Å². The quantitative estimate of drug-likeness (QED) is 0.807. The number of pyridine rings is 1. The summed E-state index contributed by atoms with van der Waals surface area (Å²) in [6.07, 6.45) is 1.39. The number of nitrogen functional groups attached to an aromatic ring is 1. The third-order valence-corrected chi connectivity index (χ3v) is 3.05. The van der Waals surface area contributed by atoms with Crippen LogP contribution in [0, 0.1) is 0 Å². The third kappa shape index (κ3) is 3.49. The van der Waals surface area contributed by atoms with Gasteiger partial charge < -0.3 is 16.4 Å². The van der Waals surface area contributed by atoms with E-state index in [0.717, 1.165) is 0 Å². The molecule has 0 unspecified atom stereocenters. The largest absolute Gasteiger partial charge is 0.397 e. The van der Waals surface area contributed by atoms with Crippen LogP contribution in [0.3, 0.4) is 0 Å². The highest BCUT2D eigenvalue weighted by Gasteiger charge is 2.12. The van der Waals surface area contributed by atoms with Crippen LogP contribution in [0.5, 0.6) is 0 Å². The predicted molar refractivity (Wildman–Crippen MR) is 81.4 cm³/mol. The number of aromatic nitrogens is 1. The van der Waals surface area contributed by atoms with Gasteiger partial charge in [0.25, 0.3) is 11.8 Å². The molecule has 0 saturated carbocycles. The lowest BCUT2D eigenvalue weighted by Gasteiger charge is -2.09. The molecule has 2 amide bonds. The van der Waals surface area contributed by atoms with Crippen molar-refractivity contribution in [1.82, 2.24) is 10.3 Å². The molecule has 0 atom stereocenters. The first-order valence-corrected chi connectivity index (χ1v) is 6.43. The van der Waals surface area contributed by atoms with E-state index in [1.807, 2.05) is 0 Å². The van der Waals surface area contributed by atoms with Crippen molar-refractivity contribution in [3.05, 3.63) is 52.8 Å². The Bertz CT molecular complexity index is 686. The summed E-state index contributed by atoms with van der Waals surface area (Å²) >= 11 is 6.01. The van der Waals surface area contributed by atoms with Gasteiger partial charge in [0.05, 0.1) is 22.6 Å². The summed E-state index contributed by atoms with van der Waals surface area (Å²) < 4.78 is 0. The molecule has 0 bridgehead atoms. The van der Waals surface area contributed by atoms with Crippen LogP contribution in [-0.2, 0) is 0 Å². The highest BCUT2D eigenvalue weighted by Crippen LogP contribution is 2.23. The lowest BCUT2D eigenvalue weighted by Crippen LogP contribution is -2.19. The molecular formula is C14H13ClN4O2. The van der Waals surface area contributed by atoms with Gasteiger partial charge in [-0.15, -0.1) is 0 Å². The molecule has 0 fully saturated rings. The van der Waals surface area contributed by atoms with E-state index >= 15 is 0 Å². The highest BCUT2D eigenvalue weighted by atomic mass is 35.5. The standard InChI is InChI=1S/C14H13ClN4O2/c1-17-13(20)8-2-4-10(15)12(6-8)19-14(21)11-5-3-9(16)7-18-11/h2-7H,16H2,1H3,(H,17,20)(H,19,21).